The number of aromatic nitrogens is 1. The third-order valence-electron chi connectivity index (χ3n) is 1.91. The van der Waals surface area contributed by atoms with Crippen molar-refractivity contribution in [1.82, 2.24) is 4.98 Å². The van der Waals surface area contributed by atoms with E-state index in [0.717, 1.165) is 10.7 Å². The Morgan fingerprint density at radius 2 is 1.93 bits per heavy atom. The second-order valence-corrected chi connectivity index (χ2v) is 5.29. The summed E-state index contributed by atoms with van der Waals surface area (Å²) < 4.78 is 2.35. The van der Waals surface area contributed by atoms with Crippen LogP contribution in [-0.2, 0) is 0 Å². The molecule has 2 rings (SSSR count). The number of nitrogens with zero attached hydrogens (tertiary/aromatic N) is 1. The van der Waals surface area contributed by atoms with Crippen molar-refractivity contribution < 1.29 is 4.79 Å². The molecule has 1 aromatic carbocycles. The fourth-order valence-electron chi connectivity index (χ4n) is 1.19. The van der Waals surface area contributed by atoms with Crippen molar-refractivity contribution in [3.8, 4) is 0 Å². The summed E-state index contributed by atoms with van der Waals surface area (Å²) in [6.07, 6.45) is 4.22. The van der Waals surface area contributed by atoms with Gasteiger partial charge in [0.05, 0.1) is 0 Å². The van der Waals surface area contributed by atoms with E-state index in [-0.39, 0.29) is 15.0 Å². The summed E-state index contributed by atoms with van der Waals surface area (Å²) in [6.45, 7) is 0. The third-order valence-corrected chi connectivity index (χ3v) is 4.22. The standard InChI is InChI=1S/C12H9NOSe/c14-9-10-8-13-7-6-12(10)15-11-4-2-1-3-5-11/h1-9H. The van der Waals surface area contributed by atoms with Gasteiger partial charge in [-0.1, -0.05) is 0 Å². The molecule has 0 bridgehead atoms. The molecule has 3 heteroatoms. The maximum atomic E-state index is 10.8. The molecule has 0 spiro atoms. The van der Waals surface area contributed by atoms with E-state index in [1.165, 1.54) is 4.46 Å². The minimum atomic E-state index is 0.181. The van der Waals surface area contributed by atoms with Crippen molar-refractivity contribution in [2.75, 3.05) is 0 Å². The molecule has 0 amide bonds. The monoisotopic (exact) mass is 263 g/mol. The van der Waals surface area contributed by atoms with Crippen LogP contribution >= 0.6 is 0 Å². The first-order chi connectivity index (χ1) is 7.40. The number of carbonyl (C=O) groups excluding carboxylic acids is 1. The first-order valence-corrected chi connectivity index (χ1v) is 6.23. The molecule has 0 saturated heterocycles. The molecule has 0 radical (unpaired) electrons. The molecule has 1 aromatic heterocycles. The summed E-state index contributed by atoms with van der Waals surface area (Å²) in [7, 11) is 0. The Labute approximate surface area is 94.5 Å². The van der Waals surface area contributed by atoms with Gasteiger partial charge in [0.2, 0.25) is 0 Å². The predicted octanol–water partition coefficient (Wildman–Crippen LogP) is 0.549. The van der Waals surface area contributed by atoms with Crippen LogP contribution in [0.5, 0.6) is 0 Å². The molecule has 15 heavy (non-hydrogen) atoms. The van der Waals surface area contributed by atoms with E-state index in [1.54, 1.807) is 12.4 Å². The number of rotatable bonds is 3. The van der Waals surface area contributed by atoms with Gasteiger partial charge in [0, 0.05) is 0 Å². The quantitative estimate of drug-likeness (QED) is 0.597. The third kappa shape index (κ3) is 2.52. The van der Waals surface area contributed by atoms with Gasteiger partial charge in [-0.05, 0) is 0 Å². The van der Waals surface area contributed by atoms with Gasteiger partial charge in [0.25, 0.3) is 0 Å². The van der Waals surface area contributed by atoms with E-state index in [9.17, 15) is 4.79 Å². The van der Waals surface area contributed by atoms with Gasteiger partial charge in [0.15, 0.2) is 0 Å². The van der Waals surface area contributed by atoms with Gasteiger partial charge in [-0.3, -0.25) is 0 Å². The van der Waals surface area contributed by atoms with Crippen LogP contribution in [0.15, 0.2) is 48.8 Å². The van der Waals surface area contributed by atoms with Crippen LogP contribution in [0.1, 0.15) is 10.4 Å². The zero-order chi connectivity index (χ0) is 10.5. The summed E-state index contributed by atoms with van der Waals surface area (Å²) in [5.74, 6) is 0. The fourth-order valence-corrected chi connectivity index (χ4v) is 3.07. The fraction of sp³-hybridized carbons (Fsp3) is 0. The summed E-state index contributed by atoms with van der Waals surface area (Å²) in [5.41, 5.74) is 0.696. The molecule has 2 aromatic rings. The second-order valence-electron chi connectivity index (χ2n) is 2.95. The van der Waals surface area contributed by atoms with Gasteiger partial charge >= 0.3 is 94.3 Å². The molecule has 0 fully saturated rings. The van der Waals surface area contributed by atoms with E-state index < -0.39 is 0 Å². The zero-order valence-electron chi connectivity index (χ0n) is 7.96. The van der Waals surface area contributed by atoms with Gasteiger partial charge in [-0.25, -0.2) is 0 Å². The Bertz CT molecular complexity index is 456. The number of hydrogen-bond acceptors (Lipinski definition) is 2. The van der Waals surface area contributed by atoms with E-state index in [1.807, 2.05) is 24.3 Å². The zero-order valence-corrected chi connectivity index (χ0v) is 9.67. The number of carbonyl (C=O) groups is 1. The molecule has 0 saturated carbocycles. The van der Waals surface area contributed by atoms with Crippen molar-refractivity contribution >= 4 is 30.2 Å². The van der Waals surface area contributed by atoms with Crippen molar-refractivity contribution in [2.24, 2.45) is 0 Å². The number of hydrogen-bond donors (Lipinski definition) is 0. The van der Waals surface area contributed by atoms with Crippen LogP contribution in [0.4, 0.5) is 0 Å². The van der Waals surface area contributed by atoms with Gasteiger partial charge < -0.3 is 0 Å². The SMILES string of the molecule is O=Cc1cnccc1[Se]c1ccccc1. The first-order valence-electron chi connectivity index (χ1n) is 4.52. The Morgan fingerprint density at radius 3 is 2.67 bits per heavy atom. The van der Waals surface area contributed by atoms with Crippen LogP contribution in [0.3, 0.4) is 0 Å². The molecule has 0 aliphatic heterocycles. The second kappa shape index (κ2) is 4.87. The van der Waals surface area contributed by atoms with Crippen LogP contribution in [0.2, 0.25) is 0 Å². The molecule has 0 unspecified atom stereocenters. The Balaban J connectivity index is 2.28. The van der Waals surface area contributed by atoms with Gasteiger partial charge in [0.1, 0.15) is 0 Å². The van der Waals surface area contributed by atoms with Gasteiger partial charge in [-0.15, -0.1) is 0 Å². The average Bonchev–Trinajstić information content (AvgIpc) is 2.31. The molecule has 0 aliphatic rings. The van der Waals surface area contributed by atoms with Crippen LogP contribution in [0.25, 0.3) is 0 Å². The molecule has 0 aliphatic carbocycles. The molecular formula is C12H9NOSe. The summed E-state index contributed by atoms with van der Waals surface area (Å²) in [4.78, 5) is 14.7. The normalized spacial score (nSPS) is 9.87. The summed E-state index contributed by atoms with van der Waals surface area (Å²) in [5, 5.41) is 0. The topological polar surface area (TPSA) is 30.0 Å². The molecule has 1 heterocycles. The molecule has 2 nitrogen and oxygen atoms in total. The molecule has 74 valence electrons. The van der Waals surface area contributed by atoms with Crippen molar-refractivity contribution in [3.63, 3.8) is 0 Å². The van der Waals surface area contributed by atoms with E-state index in [2.05, 4.69) is 17.1 Å². The molecule has 0 N–H and O–H groups in total. The Morgan fingerprint density at radius 1 is 1.13 bits per heavy atom. The summed E-state index contributed by atoms with van der Waals surface area (Å²) >= 11 is 0.181. The van der Waals surface area contributed by atoms with E-state index >= 15 is 0 Å². The van der Waals surface area contributed by atoms with Crippen molar-refractivity contribution in [2.45, 2.75) is 0 Å². The first kappa shape index (κ1) is 10.1. The minimum absolute atomic E-state index is 0.181. The molecular weight excluding hydrogens is 253 g/mol. The number of benzene rings is 1. The van der Waals surface area contributed by atoms with E-state index in [0.29, 0.717) is 5.56 Å². The van der Waals surface area contributed by atoms with Crippen molar-refractivity contribution in [1.29, 1.82) is 0 Å². The van der Waals surface area contributed by atoms with Crippen LogP contribution in [0, 0.1) is 0 Å². The van der Waals surface area contributed by atoms with Gasteiger partial charge in [-0.2, -0.15) is 0 Å². The molecule has 0 atom stereocenters. The number of pyridine rings is 1. The van der Waals surface area contributed by atoms with Crippen molar-refractivity contribution in [3.05, 3.63) is 54.4 Å². The summed E-state index contributed by atoms with van der Waals surface area (Å²) in [6, 6.07) is 12.1. The van der Waals surface area contributed by atoms with Crippen LogP contribution in [-0.4, -0.2) is 26.2 Å². The average molecular weight is 262 g/mol. The Kier molecular flexibility index (Phi) is 3.28. The Hall–Kier alpha value is -1.44. The predicted molar refractivity (Wildman–Crippen MR) is 61.1 cm³/mol. The van der Waals surface area contributed by atoms with Crippen LogP contribution < -0.4 is 8.92 Å². The number of aldehydes is 1. The van der Waals surface area contributed by atoms with E-state index in [4.69, 9.17) is 0 Å². The maximum absolute atomic E-state index is 10.8.